The van der Waals surface area contributed by atoms with Gasteiger partial charge in [-0.25, -0.2) is 0 Å². The van der Waals surface area contributed by atoms with E-state index >= 15 is 0 Å². The smallest absolute Gasteiger partial charge is 0.313 e. The van der Waals surface area contributed by atoms with Crippen molar-refractivity contribution in [1.82, 2.24) is 5.32 Å². The maximum atomic E-state index is 11.8. The summed E-state index contributed by atoms with van der Waals surface area (Å²) in [5.41, 5.74) is 1.77. The number of hydrogen-bond acceptors (Lipinski definition) is 3. The van der Waals surface area contributed by atoms with Crippen molar-refractivity contribution in [3.8, 4) is 0 Å². The molecule has 2 atom stereocenters. The number of anilines is 1. The van der Waals surface area contributed by atoms with Crippen LogP contribution in [0.2, 0.25) is 0 Å². The minimum atomic E-state index is -0.679. The molecule has 1 rings (SSSR count). The van der Waals surface area contributed by atoms with E-state index in [2.05, 4.69) is 24.5 Å². The molecule has 0 heterocycles. The summed E-state index contributed by atoms with van der Waals surface area (Å²) in [5, 5.41) is 14.4. The molecule has 5 nitrogen and oxygen atoms in total. The number of hydrogen-bond donors (Lipinski definition) is 3. The van der Waals surface area contributed by atoms with Crippen LogP contribution in [0.5, 0.6) is 0 Å². The Morgan fingerprint density at radius 1 is 1.05 bits per heavy atom. The summed E-state index contributed by atoms with van der Waals surface area (Å²) in [5.74, 6) is -0.808. The molecule has 0 bridgehead atoms. The zero-order valence-electron chi connectivity index (χ0n) is 13.7. The lowest BCUT2D eigenvalue weighted by Gasteiger charge is -2.14. The van der Waals surface area contributed by atoms with E-state index < -0.39 is 17.9 Å². The fraction of sp³-hybridized carbons (Fsp3) is 0.529. The average molecular weight is 306 g/mol. The van der Waals surface area contributed by atoms with Gasteiger partial charge in [-0.2, -0.15) is 0 Å². The van der Waals surface area contributed by atoms with Crippen LogP contribution in [0.4, 0.5) is 5.69 Å². The zero-order chi connectivity index (χ0) is 16.7. The van der Waals surface area contributed by atoms with Gasteiger partial charge in [0, 0.05) is 12.2 Å². The van der Waals surface area contributed by atoms with E-state index in [1.165, 1.54) is 5.56 Å². The topological polar surface area (TPSA) is 78.4 Å². The minimum absolute atomic E-state index is 0.113. The zero-order valence-corrected chi connectivity index (χ0v) is 13.7. The van der Waals surface area contributed by atoms with Crippen LogP contribution in [0, 0.1) is 5.92 Å². The fourth-order valence-corrected chi connectivity index (χ4v) is 2.15. The molecule has 0 fully saturated rings. The molecule has 0 aromatic heterocycles. The van der Waals surface area contributed by atoms with E-state index in [-0.39, 0.29) is 5.92 Å². The highest BCUT2D eigenvalue weighted by Gasteiger charge is 2.15. The fourth-order valence-electron chi connectivity index (χ4n) is 2.15. The average Bonchev–Trinajstić information content (AvgIpc) is 2.44. The van der Waals surface area contributed by atoms with Crippen molar-refractivity contribution >= 4 is 17.5 Å². The summed E-state index contributed by atoms with van der Waals surface area (Å²) >= 11 is 0. The summed E-state index contributed by atoms with van der Waals surface area (Å²) in [7, 11) is 0. The Hall–Kier alpha value is -1.88. The van der Waals surface area contributed by atoms with Crippen molar-refractivity contribution in [3.63, 3.8) is 0 Å². The molecule has 2 amide bonds. The number of carbonyl (C=O) groups excluding carboxylic acids is 2. The van der Waals surface area contributed by atoms with Crippen LogP contribution in [0.15, 0.2) is 24.3 Å². The van der Waals surface area contributed by atoms with Gasteiger partial charge < -0.3 is 15.7 Å². The van der Waals surface area contributed by atoms with Crippen LogP contribution >= 0.6 is 0 Å². The quantitative estimate of drug-likeness (QED) is 0.705. The molecule has 1 aromatic carbocycles. The molecule has 0 aliphatic rings. The summed E-state index contributed by atoms with van der Waals surface area (Å²) in [4.78, 5) is 23.5. The van der Waals surface area contributed by atoms with Gasteiger partial charge in [0.1, 0.15) is 0 Å². The summed E-state index contributed by atoms with van der Waals surface area (Å²) < 4.78 is 0. The second-order valence-electron chi connectivity index (χ2n) is 6.13. The highest BCUT2D eigenvalue weighted by Crippen LogP contribution is 2.17. The Bertz CT molecular complexity index is 495. The first-order chi connectivity index (χ1) is 10.3. The molecular formula is C17H26N2O3. The van der Waals surface area contributed by atoms with E-state index in [4.69, 9.17) is 0 Å². The third-order valence-electron chi connectivity index (χ3n) is 3.40. The second-order valence-corrected chi connectivity index (χ2v) is 6.13. The first-order valence-electron chi connectivity index (χ1n) is 7.66. The molecule has 1 aromatic rings. The third kappa shape index (κ3) is 6.26. The predicted octanol–water partition coefficient (Wildman–Crippen LogP) is 2.27. The maximum absolute atomic E-state index is 11.8. The number of aliphatic hydroxyl groups excluding tert-OH is 1. The van der Waals surface area contributed by atoms with Gasteiger partial charge in [-0.1, -0.05) is 32.9 Å². The lowest BCUT2D eigenvalue weighted by molar-refractivity contribution is -0.136. The lowest BCUT2D eigenvalue weighted by atomic mass is 10.0. The highest BCUT2D eigenvalue weighted by molar-refractivity contribution is 6.39. The lowest BCUT2D eigenvalue weighted by Crippen LogP contribution is -2.38. The van der Waals surface area contributed by atoms with Crippen molar-refractivity contribution in [1.29, 1.82) is 0 Å². The van der Waals surface area contributed by atoms with Crippen molar-refractivity contribution in [2.75, 3.05) is 11.9 Å². The molecule has 5 heteroatoms. The maximum Gasteiger partial charge on any atom is 0.313 e. The first kappa shape index (κ1) is 18.2. The van der Waals surface area contributed by atoms with E-state index in [1.54, 1.807) is 19.1 Å². The minimum Gasteiger partial charge on any atom is -0.393 e. The van der Waals surface area contributed by atoms with Gasteiger partial charge in [-0.15, -0.1) is 0 Å². The molecular weight excluding hydrogens is 280 g/mol. The van der Waals surface area contributed by atoms with Crippen LogP contribution in [0.3, 0.4) is 0 Å². The first-order valence-corrected chi connectivity index (χ1v) is 7.66. The van der Waals surface area contributed by atoms with Gasteiger partial charge in [-0.3, -0.25) is 9.59 Å². The van der Waals surface area contributed by atoms with E-state index in [0.717, 1.165) is 0 Å². The van der Waals surface area contributed by atoms with E-state index in [9.17, 15) is 14.7 Å². The van der Waals surface area contributed by atoms with E-state index in [0.29, 0.717) is 24.6 Å². The standard InChI is InChI=1S/C17H26N2O3/c1-11(2)14-5-7-15(8-6-14)19-17(22)16(21)18-10-12(3)9-13(4)20/h5-8,11-13,20H,9-10H2,1-4H3,(H,18,21)(H,19,22). The predicted molar refractivity (Wildman–Crippen MR) is 87.6 cm³/mol. The van der Waals surface area contributed by atoms with Crippen LogP contribution in [-0.2, 0) is 9.59 Å². The van der Waals surface area contributed by atoms with Crippen LogP contribution in [0.25, 0.3) is 0 Å². The third-order valence-corrected chi connectivity index (χ3v) is 3.40. The number of nitrogens with one attached hydrogen (secondary N) is 2. The van der Waals surface area contributed by atoms with Gasteiger partial charge in [0.2, 0.25) is 0 Å². The molecule has 0 saturated carbocycles. The number of rotatable bonds is 6. The van der Waals surface area contributed by atoms with Crippen molar-refractivity contribution in [3.05, 3.63) is 29.8 Å². The summed E-state index contributed by atoms with van der Waals surface area (Å²) in [6.45, 7) is 8.16. The number of aliphatic hydroxyl groups is 1. The molecule has 2 unspecified atom stereocenters. The van der Waals surface area contributed by atoms with Gasteiger partial charge in [-0.05, 0) is 42.9 Å². The van der Waals surface area contributed by atoms with Crippen molar-refractivity contribution in [2.24, 2.45) is 5.92 Å². The van der Waals surface area contributed by atoms with Gasteiger partial charge >= 0.3 is 11.8 Å². The summed E-state index contributed by atoms with van der Waals surface area (Å²) in [6.07, 6.45) is 0.165. The normalized spacial score (nSPS) is 13.5. The SMILES string of the molecule is CC(O)CC(C)CNC(=O)C(=O)Nc1ccc(C(C)C)cc1. The van der Waals surface area contributed by atoms with Gasteiger partial charge in [0.05, 0.1) is 6.10 Å². The van der Waals surface area contributed by atoms with Crippen molar-refractivity contribution in [2.45, 2.75) is 46.1 Å². The largest absolute Gasteiger partial charge is 0.393 e. The molecule has 0 saturated heterocycles. The van der Waals surface area contributed by atoms with Crippen molar-refractivity contribution < 1.29 is 14.7 Å². The van der Waals surface area contributed by atoms with E-state index in [1.807, 2.05) is 19.1 Å². The number of amides is 2. The Labute approximate surface area is 132 Å². The number of carbonyl (C=O) groups is 2. The molecule has 0 aliphatic heterocycles. The molecule has 0 aliphatic carbocycles. The Balaban J connectivity index is 2.45. The monoisotopic (exact) mass is 306 g/mol. The Morgan fingerprint density at radius 3 is 2.14 bits per heavy atom. The van der Waals surface area contributed by atoms with Crippen LogP contribution < -0.4 is 10.6 Å². The molecule has 3 N–H and O–H groups in total. The molecule has 122 valence electrons. The summed E-state index contributed by atoms with van der Waals surface area (Å²) in [6, 6.07) is 7.44. The molecule has 22 heavy (non-hydrogen) atoms. The van der Waals surface area contributed by atoms with Crippen LogP contribution in [-0.4, -0.2) is 29.6 Å². The Morgan fingerprint density at radius 2 is 1.64 bits per heavy atom. The van der Waals surface area contributed by atoms with Gasteiger partial charge in [0.25, 0.3) is 0 Å². The number of benzene rings is 1. The Kier molecular flexibility index (Phi) is 7.05. The molecule has 0 spiro atoms. The second kappa shape index (κ2) is 8.54. The molecule has 0 radical (unpaired) electrons. The van der Waals surface area contributed by atoms with Crippen LogP contribution in [0.1, 0.15) is 45.6 Å². The van der Waals surface area contributed by atoms with Gasteiger partial charge in [0.15, 0.2) is 0 Å². The highest BCUT2D eigenvalue weighted by atomic mass is 16.3.